The molecule has 0 unspecified atom stereocenters. The summed E-state index contributed by atoms with van der Waals surface area (Å²) >= 11 is 5.24. The van der Waals surface area contributed by atoms with Crippen molar-refractivity contribution < 1.29 is 19.1 Å². The molecule has 32 heavy (non-hydrogen) atoms. The summed E-state index contributed by atoms with van der Waals surface area (Å²) in [5, 5.41) is 8.55. The third kappa shape index (κ3) is 6.29. The number of thiocarbonyl (C=S) groups is 1. The van der Waals surface area contributed by atoms with Crippen LogP contribution in [0.3, 0.4) is 0 Å². The molecule has 3 rings (SSSR count). The second-order valence-electron chi connectivity index (χ2n) is 6.76. The van der Waals surface area contributed by atoms with Crippen LogP contribution >= 0.6 is 12.2 Å². The molecule has 0 aliphatic carbocycles. The molecule has 0 saturated heterocycles. The first-order valence-electron chi connectivity index (χ1n) is 9.76. The topological polar surface area (TPSA) is 88.7 Å². The van der Waals surface area contributed by atoms with Gasteiger partial charge in [-0.2, -0.15) is 0 Å². The van der Waals surface area contributed by atoms with Crippen molar-refractivity contribution in [1.29, 1.82) is 0 Å². The number of amides is 2. The van der Waals surface area contributed by atoms with Crippen molar-refractivity contribution in [2.45, 2.75) is 6.42 Å². The molecule has 0 atom stereocenters. The first kappa shape index (κ1) is 22.8. The van der Waals surface area contributed by atoms with E-state index in [9.17, 15) is 9.59 Å². The molecule has 3 aromatic carbocycles. The first-order valence-corrected chi connectivity index (χ1v) is 10.2. The molecule has 3 N–H and O–H groups in total. The van der Waals surface area contributed by atoms with Gasteiger partial charge in [-0.05, 0) is 54.2 Å². The molecule has 164 valence electrons. The van der Waals surface area contributed by atoms with Gasteiger partial charge in [0.05, 0.1) is 26.2 Å². The van der Waals surface area contributed by atoms with Crippen molar-refractivity contribution in [3.05, 3.63) is 83.9 Å². The normalized spacial score (nSPS) is 10.1. The zero-order valence-corrected chi connectivity index (χ0v) is 18.5. The quantitative estimate of drug-likeness (QED) is 0.473. The van der Waals surface area contributed by atoms with Gasteiger partial charge in [-0.3, -0.25) is 14.9 Å². The lowest BCUT2D eigenvalue weighted by atomic mass is 10.1. The number of benzene rings is 3. The van der Waals surface area contributed by atoms with E-state index >= 15 is 0 Å². The molecule has 7 nitrogen and oxygen atoms in total. The molecule has 0 bridgehead atoms. The minimum Gasteiger partial charge on any atom is -0.497 e. The van der Waals surface area contributed by atoms with Crippen molar-refractivity contribution in [1.82, 2.24) is 5.32 Å². The number of rotatable bonds is 7. The summed E-state index contributed by atoms with van der Waals surface area (Å²) < 4.78 is 10.4. The highest BCUT2D eigenvalue weighted by Crippen LogP contribution is 2.24. The van der Waals surface area contributed by atoms with Crippen molar-refractivity contribution in [3.8, 4) is 11.5 Å². The Morgan fingerprint density at radius 2 is 1.50 bits per heavy atom. The van der Waals surface area contributed by atoms with Gasteiger partial charge in [0.25, 0.3) is 5.91 Å². The number of carbonyl (C=O) groups excluding carboxylic acids is 2. The molecule has 0 spiro atoms. The number of methoxy groups -OCH3 is 2. The van der Waals surface area contributed by atoms with Crippen LogP contribution in [0.2, 0.25) is 0 Å². The second kappa shape index (κ2) is 10.9. The van der Waals surface area contributed by atoms with Gasteiger partial charge in [0.1, 0.15) is 11.5 Å². The van der Waals surface area contributed by atoms with E-state index in [-0.39, 0.29) is 11.0 Å². The number of hydrogen-bond acceptors (Lipinski definition) is 5. The molecule has 0 saturated carbocycles. The summed E-state index contributed by atoms with van der Waals surface area (Å²) in [6, 6.07) is 21.4. The van der Waals surface area contributed by atoms with Gasteiger partial charge in [-0.15, -0.1) is 0 Å². The number of ether oxygens (including phenoxy) is 2. The van der Waals surface area contributed by atoms with Crippen molar-refractivity contribution in [2.75, 3.05) is 24.9 Å². The minimum atomic E-state index is -0.410. The number of nitrogens with one attached hydrogen (secondary N) is 3. The summed E-state index contributed by atoms with van der Waals surface area (Å²) in [6.45, 7) is 0. The van der Waals surface area contributed by atoms with E-state index in [1.165, 1.54) is 14.2 Å². The lowest BCUT2D eigenvalue weighted by Gasteiger charge is -2.13. The standard InChI is InChI=1S/C24H23N3O4S/c1-30-19-12-13-20(21(15-19)31-2)23(29)27-24(32)26-18-10-8-17(9-11-18)25-22(28)14-16-6-4-3-5-7-16/h3-13,15H,14H2,1-2H3,(H,25,28)(H2,26,27,29,32). The number of anilines is 2. The Morgan fingerprint density at radius 3 is 2.12 bits per heavy atom. The lowest BCUT2D eigenvalue weighted by molar-refractivity contribution is -0.115. The van der Waals surface area contributed by atoms with E-state index in [1.807, 2.05) is 30.3 Å². The Balaban J connectivity index is 1.54. The molecular formula is C24H23N3O4S. The highest BCUT2D eigenvalue weighted by molar-refractivity contribution is 7.80. The van der Waals surface area contributed by atoms with Gasteiger partial charge in [0, 0.05) is 17.4 Å². The molecular weight excluding hydrogens is 426 g/mol. The predicted molar refractivity (Wildman–Crippen MR) is 128 cm³/mol. The molecule has 0 radical (unpaired) electrons. The predicted octanol–water partition coefficient (Wildman–Crippen LogP) is 4.01. The largest absolute Gasteiger partial charge is 0.497 e. The maximum absolute atomic E-state index is 12.5. The van der Waals surface area contributed by atoms with Crippen LogP contribution in [0.4, 0.5) is 11.4 Å². The Labute approximate surface area is 191 Å². The van der Waals surface area contributed by atoms with Crippen molar-refractivity contribution in [2.24, 2.45) is 0 Å². The smallest absolute Gasteiger partial charge is 0.261 e. The fourth-order valence-electron chi connectivity index (χ4n) is 2.94. The fourth-order valence-corrected chi connectivity index (χ4v) is 3.15. The average Bonchev–Trinajstić information content (AvgIpc) is 2.80. The molecule has 8 heteroatoms. The molecule has 0 aromatic heterocycles. The summed E-state index contributed by atoms with van der Waals surface area (Å²) in [6.07, 6.45) is 0.297. The molecule has 0 aliphatic rings. The first-order chi connectivity index (χ1) is 15.5. The van der Waals surface area contributed by atoms with Crippen LogP contribution in [-0.4, -0.2) is 31.1 Å². The van der Waals surface area contributed by atoms with E-state index in [1.54, 1.807) is 42.5 Å². The van der Waals surface area contributed by atoms with Gasteiger partial charge in [-0.1, -0.05) is 30.3 Å². The Hall–Kier alpha value is -3.91. The lowest BCUT2D eigenvalue weighted by Crippen LogP contribution is -2.34. The minimum absolute atomic E-state index is 0.104. The molecule has 0 aliphatic heterocycles. The summed E-state index contributed by atoms with van der Waals surface area (Å²) in [5.41, 5.74) is 2.60. The third-order valence-corrected chi connectivity index (χ3v) is 4.72. The van der Waals surface area contributed by atoms with E-state index in [0.717, 1.165) is 5.56 Å². The van der Waals surface area contributed by atoms with Crippen molar-refractivity contribution >= 4 is 40.5 Å². The summed E-state index contributed by atoms with van der Waals surface area (Å²) in [5.74, 6) is 0.440. The van der Waals surface area contributed by atoms with Crippen molar-refractivity contribution in [3.63, 3.8) is 0 Å². The van der Waals surface area contributed by atoms with Crippen LogP contribution in [0.1, 0.15) is 15.9 Å². The third-order valence-electron chi connectivity index (χ3n) is 4.51. The second-order valence-corrected chi connectivity index (χ2v) is 7.17. The molecule has 2 amide bonds. The van der Waals surface area contributed by atoms with Gasteiger partial charge in [-0.25, -0.2) is 0 Å². The van der Waals surface area contributed by atoms with Crippen LogP contribution in [0, 0.1) is 0 Å². The van der Waals surface area contributed by atoms with Gasteiger partial charge in [0.2, 0.25) is 5.91 Å². The van der Waals surface area contributed by atoms with Crippen LogP contribution in [0.25, 0.3) is 0 Å². The Bertz CT molecular complexity index is 1100. The molecule has 0 fully saturated rings. The monoisotopic (exact) mass is 449 g/mol. The zero-order valence-electron chi connectivity index (χ0n) is 17.7. The van der Waals surface area contributed by atoms with E-state index in [0.29, 0.717) is 34.9 Å². The highest BCUT2D eigenvalue weighted by atomic mass is 32.1. The van der Waals surface area contributed by atoms with Gasteiger partial charge >= 0.3 is 0 Å². The van der Waals surface area contributed by atoms with Gasteiger partial charge in [0.15, 0.2) is 5.11 Å². The number of hydrogen-bond donors (Lipinski definition) is 3. The molecule has 3 aromatic rings. The van der Waals surface area contributed by atoms with Crippen LogP contribution in [0.15, 0.2) is 72.8 Å². The van der Waals surface area contributed by atoms with E-state index < -0.39 is 5.91 Å². The number of carbonyl (C=O) groups is 2. The zero-order chi connectivity index (χ0) is 22.9. The van der Waals surface area contributed by atoms with Crippen LogP contribution in [0.5, 0.6) is 11.5 Å². The summed E-state index contributed by atoms with van der Waals surface area (Å²) in [4.78, 5) is 24.7. The van der Waals surface area contributed by atoms with Crippen LogP contribution < -0.4 is 25.4 Å². The average molecular weight is 450 g/mol. The van der Waals surface area contributed by atoms with Gasteiger partial charge < -0.3 is 20.1 Å². The SMILES string of the molecule is COc1ccc(C(=O)NC(=S)Nc2ccc(NC(=O)Cc3ccccc3)cc2)c(OC)c1. The maximum Gasteiger partial charge on any atom is 0.261 e. The fraction of sp³-hybridized carbons (Fsp3) is 0.125. The van der Waals surface area contributed by atoms with E-state index in [4.69, 9.17) is 21.7 Å². The maximum atomic E-state index is 12.5. The Kier molecular flexibility index (Phi) is 7.77. The van der Waals surface area contributed by atoms with E-state index in [2.05, 4.69) is 16.0 Å². The van der Waals surface area contributed by atoms with Crippen LogP contribution in [-0.2, 0) is 11.2 Å². The Morgan fingerprint density at radius 1 is 0.844 bits per heavy atom. The molecule has 0 heterocycles. The summed E-state index contributed by atoms with van der Waals surface area (Å²) in [7, 11) is 3.01. The highest BCUT2D eigenvalue weighted by Gasteiger charge is 2.14.